The van der Waals surface area contributed by atoms with Gasteiger partial charge in [0.15, 0.2) is 5.78 Å². The van der Waals surface area contributed by atoms with E-state index in [4.69, 9.17) is 23.2 Å². The molecule has 0 saturated heterocycles. The van der Waals surface area contributed by atoms with E-state index < -0.39 is 0 Å². The Morgan fingerprint density at radius 3 is 2.57 bits per heavy atom. The first-order chi connectivity index (χ1) is 6.72. The molecule has 0 bridgehead atoms. The molecule has 0 fully saturated rings. The van der Waals surface area contributed by atoms with Crippen LogP contribution >= 0.6 is 23.2 Å². The van der Waals surface area contributed by atoms with Gasteiger partial charge in [0.2, 0.25) is 0 Å². The average molecular weight is 230 g/mol. The summed E-state index contributed by atoms with van der Waals surface area (Å²) in [6, 6.07) is 3.39. The van der Waals surface area contributed by atoms with E-state index in [0.717, 1.165) is 11.4 Å². The van der Waals surface area contributed by atoms with Crippen molar-refractivity contribution in [1.82, 2.24) is 0 Å². The van der Waals surface area contributed by atoms with E-state index in [1.54, 1.807) is 18.8 Å². The molecule has 0 saturated carbocycles. The molecule has 73 valence electrons. The Bertz CT molecular complexity index is 393. The first-order valence-electron chi connectivity index (χ1n) is 4.00. The molecule has 1 aliphatic rings. The highest BCUT2D eigenvalue weighted by Crippen LogP contribution is 2.33. The Morgan fingerprint density at radius 2 is 1.93 bits per heavy atom. The van der Waals surface area contributed by atoms with Crippen LogP contribution in [-0.4, -0.2) is 11.7 Å². The molecule has 5 heteroatoms. The van der Waals surface area contributed by atoms with Gasteiger partial charge in [-0.2, -0.15) is 0 Å². The van der Waals surface area contributed by atoms with Crippen molar-refractivity contribution < 1.29 is 4.79 Å². The molecule has 0 atom stereocenters. The molecule has 0 spiro atoms. The lowest BCUT2D eigenvalue weighted by Crippen LogP contribution is -2.01. The topological polar surface area (TPSA) is 41.1 Å². The van der Waals surface area contributed by atoms with Gasteiger partial charge in [-0.3, -0.25) is 4.79 Å². The van der Waals surface area contributed by atoms with E-state index in [0.29, 0.717) is 10.6 Å². The maximum Gasteiger partial charge on any atom is 0.179 e. The molecule has 1 aliphatic heterocycles. The number of ketones is 1. The smallest absolute Gasteiger partial charge is 0.179 e. The molecule has 2 N–H and O–H groups in total. The fourth-order valence-electron chi connectivity index (χ4n) is 1.29. The van der Waals surface area contributed by atoms with E-state index in [1.165, 1.54) is 0 Å². The Hall–Kier alpha value is -0.930. The molecule has 0 aromatic heterocycles. The van der Waals surface area contributed by atoms with Crippen LogP contribution in [0.5, 0.6) is 0 Å². The number of rotatable bonds is 2. The number of carbonyl (C=O) groups is 1. The minimum atomic E-state index is -0.173. The second kappa shape index (κ2) is 3.67. The van der Waals surface area contributed by atoms with Crippen molar-refractivity contribution in [2.24, 2.45) is 0 Å². The largest absolute Gasteiger partial charge is 0.360 e. The maximum absolute atomic E-state index is 11.4. The fraction of sp³-hybridized carbons (Fsp3) is 0.111. The lowest BCUT2D eigenvalue weighted by molar-refractivity contribution is 0.102. The van der Waals surface area contributed by atoms with Crippen molar-refractivity contribution in [1.29, 1.82) is 0 Å². The molecule has 2 rings (SSSR count). The van der Waals surface area contributed by atoms with Crippen molar-refractivity contribution in [2.45, 2.75) is 0 Å². The molecule has 14 heavy (non-hydrogen) atoms. The molecule has 3 nitrogen and oxygen atoms in total. The van der Waals surface area contributed by atoms with Crippen molar-refractivity contribution in [2.75, 3.05) is 16.5 Å². The summed E-state index contributed by atoms with van der Waals surface area (Å²) in [5.74, 6) is -0.233. The zero-order valence-electron chi connectivity index (χ0n) is 7.10. The third-order valence-electron chi connectivity index (χ3n) is 1.98. The summed E-state index contributed by atoms with van der Waals surface area (Å²) in [5, 5.41) is 6.33. The number of halogens is 2. The molecule has 1 heterocycles. The molecule has 0 amide bonds. The number of nitrogens with one attached hydrogen (secondary N) is 2. The van der Waals surface area contributed by atoms with Crippen LogP contribution < -0.4 is 10.6 Å². The quantitative estimate of drug-likeness (QED) is 0.606. The Kier molecular flexibility index (Phi) is 2.52. The number of hydrogen-bond acceptors (Lipinski definition) is 3. The van der Waals surface area contributed by atoms with Gasteiger partial charge in [-0.05, 0) is 12.1 Å². The van der Waals surface area contributed by atoms with Gasteiger partial charge in [0, 0.05) is 5.56 Å². The number of carbonyl (C=O) groups excluding carboxylic acids is 1. The Labute approximate surface area is 91.4 Å². The van der Waals surface area contributed by atoms with Gasteiger partial charge in [0.1, 0.15) is 6.67 Å². The van der Waals surface area contributed by atoms with Crippen LogP contribution in [0.1, 0.15) is 10.4 Å². The van der Waals surface area contributed by atoms with Gasteiger partial charge in [0.25, 0.3) is 0 Å². The number of benzene rings is 1. The second-order valence-electron chi connectivity index (χ2n) is 2.87. The predicted octanol–water partition coefficient (Wildman–Crippen LogP) is 2.72. The van der Waals surface area contributed by atoms with Crippen LogP contribution in [0.2, 0.25) is 5.02 Å². The summed E-state index contributed by atoms with van der Waals surface area (Å²) in [5.41, 5.74) is 2.15. The maximum atomic E-state index is 11.4. The second-order valence-corrected chi connectivity index (χ2v) is 3.54. The van der Waals surface area contributed by atoms with E-state index >= 15 is 0 Å². The summed E-state index contributed by atoms with van der Waals surface area (Å²) in [4.78, 5) is 11.4. The van der Waals surface area contributed by atoms with E-state index in [-0.39, 0.29) is 11.7 Å². The van der Waals surface area contributed by atoms with Crippen molar-refractivity contribution in [3.8, 4) is 0 Å². The summed E-state index contributed by atoms with van der Waals surface area (Å²) < 4.78 is 0. The standard InChI is InChI=1S/C9H7Cl2N2O/c10-3-9(14)5-1-7-8(2-6(5)11)13-4-12-7/h1-2,4,12-13H,3H2. The average Bonchev–Trinajstić information content (AvgIpc) is 2.62. The van der Waals surface area contributed by atoms with Crippen molar-refractivity contribution >= 4 is 40.4 Å². The van der Waals surface area contributed by atoms with Crippen LogP contribution in [0.3, 0.4) is 0 Å². The third kappa shape index (κ3) is 1.53. The minimum absolute atomic E-state index is 0.0599. The number of alkyl halides is 1. The molecule has 0 unspecified atom stereocenters. The summed E-state index contributed by atoms with van der Waals surface area (Å²) in [6.45, 7) is 1.68. The first-order valence-corrected chi connectivity index (χ1v) is 4.91. The van der Waals surface area contributed by atoms with Crippen LogP contribution in [0.25, 0.3) is 0 Å². The SMILES string of the molecule is O=C(CCl)c1cc2c(cc1Cl)N[CH]N2. The van der Waals surface area contributed by atoms with Gasteiger partial charge in [-0.25, -0.2) is 0 Å². The van der Waals surface area contributed by atoms with Crippen LogP contribution in [0.15, 0.2) is 12.1 Å². The number of Topliss-reactive ketones (excluding diaryl/α,β-unsaturated/α-hetero) is 1. The molecule has 0 aliphatic carbocycles. The Balaban J connectivity index is 2.47. The highest BCUT2D eigenvalue weighted by Gasteiger charge is 2.16. The van der Waals surface area contributed by atoms with Gasteiger partial charge < -0.3 is 10.6 Å². The first kappa shape index (κ1) is 9.62. The van der Waals surface area contributed by atoms with Gasteiger partial charge in [-0.1, -0.05) is 11.6 Å². The molecular weight excluding hydrogens is 223 g/mol. The monoisotopic (exact) mass is 229 g/mol. The van der Waals surface area contributed by atoms with E-state index in [1.807, 2.05) is 0 Å². The predicted molar refractivity (Wildman–Crippen MR) is 58.0 cm³/mol. The Morgan fingerprint density at radius 1 is 1.29 bits per heavy atom. The zero-order chi connectivity index (χ0) is 10.1. The molecular formula is C9H7Cl2N2O. The van der Waals surface area contributed by atoms with Crippen LogP contribution in [0, 0.1) is 6.67 Å². The number of fused-ring (bicyclic) bond motifs is 1. The van der Waals surface area contributed by atoms with Crippen molar-refractivity contribution in [3.63, 3.8) is 0 Å². The highest BCUT2D eigenvalue weighted by molar-refractivity contribution is 6.37. The summed E-state index contributed by atoms with van der Waals surface area (Å²) in [7, 11) is 0. The molecule has 1 aromatic carbocycles. The van der Waals surface area contributed by atoms with Crippen LogP contribution in [-0.2, 0) is 0 Å². The third-order valence-corrected chi connectivity index (χ3v) is 2.54. The van der Waals surface area contributed by atoms with Crippen LogP contribution in [0.4, 0.5) is 11.4 Å². The minimum Gasteiger partial charge on any atom is -0.360 e. The normalized spacial score (nSPS) is 13.0. The van der Waals surface area contributed by atoms with Crippen molar-refractivity contribution in [3.05, 3.63) is 29.4 Å². The molecule has 1 aromatic rings. The van der Waals surface area contributed by atoms with E-state index in [9.17, 15) is 4.79 Å². The van der Waals surface area contributed by atoms with Gasteiger partial charge in [0.05, 0.1) is 22.3 Å². The number of hydrogen-bond donors (Lipinski definition) is 2. The summed E-state index contributed by atoms with van der Waals surface area (Å²) in [6.07, 6.45) is 0. The highest BCUT2D eigenvalue weighted by atomic mass is 35.5. The van der Waals surface area contributed by atoms with Gasteiger partial charge >= 0.3 is 0 Å². The fourth-order valence-corrected chi connectivity index (χ4v) is 1.70. The summed E-state index contributed by atoms with van der Waals surface area (Å²) >= 11 is 11.4. The van der Waals surface area contributed by atoms with Gasteiger partial charge in [-0.15, -0.1) is 11.6 Å². The lowest BCUT2D eigenvalue weighted by atomic mass is 10.1. The van der Waals surface area contributed by atoms with E-state index in [2.05, 4.69) is 10.6 Å². The lowest BCUT2D eigenvalue weighted by Gasteiger charge is -2.04. The zero-order valence-corrected chi connectivity index (χ0v) is 8.62. The molecule has 1 radical (unpaired) electrons. The number of anilines is 2.